The van der Waals surface area contributed by atoms with Crippen LogP contribution >= 0.6 is 0 Å². The van der Waals surface area contributed by atoms with Gasteiger partial charge >= 0.3 is 0 Å². The van der Waals surface area contributed by atoms with E-state index >= 15 is 0 Å². The molecule has 0 unspecified atom stereocenters. The van der Waals surface area contributed by atoms with Crippen molar-refractivity contribution in [2.24, 2.45) is 0 Å². The molecule has 82 valence electrons. The molecule has 1 aromatic rings. The molecule has 1 aromatic carbocycles. The van der Waals surface area contributed by atoms with Crippen molar-refractivity contribution in [2.45, 2.75) is 32.1 Å². The smallest absolute Gasteiger partial charge is 0.258 e. The number of fused-ring (bicyclic) bond motifs is 2. The molecule has 0 heterocycles. The lowest BCUT2D eigenvalue weighted by molar-refractivity contribution is -0.386. The molecule has 0 N–H and O–H groups in total. The highest BCUT2D eigenvalue weighted by Gasteiger charge is 2.31. The lowest BCUT2D eigenvalue weighted by atomic mass is 9.98. The van der Waals surface area contributed by atoms with Crippen LogP contribution in [0.3, 0.4) is 0 Å². The maximum absolute atomic E-state index is 11.2. The van der Waals surface area contributed by atoms with Crippen LogP contribution in [0.1, 0.15) is 35.1 Å². The topological polar surface area (TPSA) is 43.1 Å². The normalized spacial score (nSPS) is 17.4. The Morgan fingerprint density at radius 1 is 1.19 bits per heavy atom. The second-order valence-electron chi connectivity index (χ2n) is 4.60. The molecule has 3 rings (SSSR count). The molecule has 0 spiro atoms. The highest BCUT2D eigenvalue weighted by molar-refractivity contribution is 5.77. The van der Waals surface area contributed by atoms with E-state index in [2.05, 4.69) is 12.6 Å². The zero-order valence-corrected chi connectivity index (χ0v) is 9.08. The number of nitro groups is 1. The number of benzene rings is 1. The molecule has 2 aliphatic carbocycles. The molecule has 0 amide bonds. The average Bonchev–Trinajstić information content (AvgIpc) is 2.82. The summed E-state index contributed by atoms with van der Waals surface area (Å²) in [5.41, 5.74) is 5.59. The number of nitro benzene ring substituents is 1. The third-order valence-corrected chi connectivity index (χ3v) is 3.72. The van der Waals surface area contributed by atoms with Gasteiger partial charge in [-0.3, -0.25) is 10.1 Å². The molecule has 0 saturated heterocycles. The van der Waals surface area contributed by atoms with Gasteiger partial charge in [-0.05, 0) is 48.8 Å². The van der Waals surface area contributed by atoms with Crippen molar-refractivity contribution >= 4 is 11.3 Å². The Morgan fingerprint density at radius 2 is 2.00 bits per heavy atom. The summed E-state index contributed by atoms with van der Waals surface area (Å²) in [5.74, 6) is 0. The lowest BCUT2D eigenvalue weighted by Gasteiger charge is -2.07. The Labute approximate surface area is 93.9 Å². The van der Waals surface area contributed by atoms with Gasteiger partial charge in [0.15, 0.2) is 0 Å². The zero-order valence-electron chi connectivity index (χ0n) is 9.08. The summed E-state index contributed by atoms with van der Waals surface area (Å²) >= 11 is 0. The number of rotatable bonds is 1. The van der Waals surface area contributed by atoms with Crippen LogP contribution in [0.5, 0.6) is 0 Å². The summed E-state index contributed by atoms with van der Waals surface area (Å²) in [6.07, 6.45) is 4.56. The van der Waals surface area contributed by atoms with Crippen LogP contribution in [0.2, 0.25) is 0 Å². The van der Waals surface area contributed by atoms with Gasteiger partial charge in [-0.2, -0.15) is 0 Å². The molecule has 3 heteroatoms. The summed E-state index contributed by atoms with van der Waals surface area (Å²) < 4.78 is 0. The van der Waals surface area contributed by atoms with E-state index in [4.69, 9.17) is 0 Å². The van der Waals surface area contributed by atoms with Gasteiger partial charge in [0.05, 0.1) is 4.92 Å². The predicted molar refractivity (Wildman–Crippen MR) is 62.5 cm³/mol. The molecule has 2 aliphatic rings. The Balaban J connectivity index is 2.33. The van der Waals surface area contributed by atoms with E-state index in [0.717, 1.165) is 54.4 Å². The summed E-state index contributed by atoms with van der Waals surface area (Å²) in [5, 5.41) is 11.2. The van der Waals surface area contributed by atoms with Gasteiger partial charge in [-0.15, -0.1) is 0 Å². The van der Waals surface area contributed by atoms with Gasteiger partial charge in [0.1, 0.15) is 0 Å². The maximum atomic E-state index is 11.2. The quantitative estimate of drug-likeness (QED) is 0.533. The molecule has 3 nitrogen and oxygen atoms in total. The standard InChI is InChI=1S/C13H13NO2/c1-8-5-6-11-12(8)7-9-3-2-4-10(9)13(11)14(15)16/h7H,1-6H2. The van der Waals surface area contributed by atoms with Crippen molar-refractivity contribution in [3.63, 3.8) is 0 Å². The van der Waals surface area contributed by atoms with Crippen LogP contribution < -0.4 is 0 Å². The molecule has 16 heavy (non-hydrogen) atoms. The Kier molecular flexibility index (Phi) is 1.90. The molecule has 0 radical (unpaired) electrons. The van der Waals surface area contributed by atoms with E-state index in [1.54, 1.807) is 0 Å². The number of nitrogens with zero attached hydrogens (tertiary/aromatic N) is 1. The monoisotopic (exact) mass is 215 g/mol. The van der Waals surface area contributed by atoms with E-state index in [-0.39, 0.29) is 4.92 Å². The fourth-order valence-electron chi connectivity index (χ4n) is 2.97. The minimum atomic E-state index is -0.193. The van der Waals surface area contributed by atoms with Gasteiger partial charge in [-0.1, -0.05) is 12.6 Å². The van der Waals surface area contributed by atoms with Crippen molar-refractivity contribution in [2.75, 3.05) is 0 Å². The first kappa shape index (κ1) is 9.58. The molecule has 0 bridgehead atoms. The number of hydrogen-bond acceptors (Lipinski definition) is 2. The number of allylic oxidation sites excluding steroid dienone is 1. The molecular formula is C13H13NO2. The molecule has 0 aromatic heterocycles. The van der Waals surface area contributed by atoms with Crippen molar-refractivity contribution in [1.82, 2.24) is 0 Å². The molecular weight excluding hydrogens is 202 g/mol. The predicted octanol–water partition coefficient (Wildman–Crippen LogP) is 3.04. The third kappa shape index (κ3) is 1.14. The van der Waals surface area contributed by atoms with Crippen LogP contribution in [0.4, 0.5) is 5.69 Å². The number of hydrogen-bond donors (Lipinski definition) is 0. The van der Waals surface area contributed by atoms with E-state index in [0.29, 0.717) is 5.69 Å². The van der Waals surface area contributed by atoms with Gasteiger partial charge in [0, 0.05) is 11.1 Å². The van der Waals surface area contributed by atoms with Crippen LogP contribution in [-0.2, 0) is 19.3 Å². The van der Waals surface area contributed by atoms with Crippen LogP contribution in [0.15, 0.2) is 12.6 Å². The maximum Gasteiger partial charge on any atom is 0.276 e. The zero-order chi connectivity index (χ0) is 11.3. The molecule has 0 aliphatic heterocycles. The minimum absolute atomic E-state index is 0.193. The average molecular weight is 215 g/mol. The second-order valence-corrected chi connectivity index (χ2v) is 4.60. The summed E-state index contributed by atoms with van der Waals surface area (Å²) in [6.45, 7) is 4.00. The Bertz CT molecular complexity index is 517. The third-order valence-electron chi connectivity index (χ3n) is 3.72. The summed E-state index contributed by atoms with van der Waals surface area (Å²) in [7, 11) is 0. The molecule has 0 saturated carbocycles. The number of aryl methyl sites for hydroxylation is 1. The fourth-order valence-corrected chi connectivity index (χ4v) is 2.97. The molecule has 0 atom stereocenters. The van der Waals surface area contributed by atoms with Crippen molar-refractivity contribution in [3.8, 4) is 0 Å². The van der Waals surface area contributed by atoms with Crippen molar-refractivity contribution in [3.05, 3.63) is 45.0 Å². The first-order valence-electron chi connectivity index (χ1n) is 5.68. The Hall–Kier alpha value is -1.64. The second kappa shape index (κ2) is 3.17. The van der Waals surface area contributed by atoms with Crippen LogP contribution in [-0.4, -0.2) is 4.92 Å². The first-order valence-corrected chi connectivity index (χ1v) is 5.68. The van der Waals surface area contributed by atoms with Crippen LogP contribution in [0.25, 0.3) is 5.57 Å². The van der Waals surface area contributed by atoms with E-state index in [1.165, 1.54) is 5.56 Å². The van der Waals surface area contributed by atoms with Gasteiger partial charge in [0.25, 0.3) is 5.69 Å². The first-order chi connectivity index (χ1) is 7.68. The van der Waals surface area contributed by atoms with Crippen LogP contribution in [0, 0.1) is 10.1 Å². The van der Waals surface area contributed by atoms with E-state index in [9.17, 15) is 10.1 Å². The Morgan fingerprint density at radius 3 is 2.75 bits per heavy atom. The summed E-state index contributed by atoms with van der Waals surface area (Å²) in [4.78, 5) is 11.0. The van der Waals surface area contributed by atoms with E-state index < -0.39 is 0 Å². The SMILES string of the molecule is C=C1CCc2c1cc1c(c2[N+](=O)[O-])CCC1. The molecule has 0 fully saturated rings. The van der Waals surface area contributed by atoms with Gasteiger partial charge in [0.2, 0.25) is 0 Å². The largest absolute Gasteiger partial charge is 0.276 e. The summed E-state index contributed by atoms with van der Waals surface area (Å²) in [6, 6.07) is 2.14. The highest BCUT2D eigenvalue weighted by Crippen LogP contribution is 2.43. The van der Waals surface area contributed by atoms with Crippen molar-refractivity contribution in [1.29, 1.82) is 0 Å². The van der Waals surface area contributed by atoms with Gasteiger partial charge < -0.3 is 0 Å². The minimum Gasteiger partial charge on any atom is -0.258 e. The van der Waals surface area contributed by atoms with Gasteiger partial charge in [-0.25, -0.2) is 0 Å². The highest BCUT2D eigenvalue weighted by atomic mass is 16.6. The lowest BCUT2D eigenvalue weighted by Crippen LogP contribution is -2.00. The van der Waals surface area contributed by atoms with E-state index in [1.807, 2.05) is 0 Å². The fraction of sp³-hybridized carbons (Fsp3) is 0.385. The van der Waals surface area contributed by atoms with Crippen molar-refractivity contribution < 1.29 is 4.92 Å².